The zero-order chi connectivity index (χ0) is 26.5. The van der Waals surface area contributed by atoms with Gasteiger partial charge in [-0.1, -0.05) is 12.1 Å². The van der Waals surface area contributed by atoms with Crippen molar-refractivity contribution in [2.75, 3.05) is 13.7 Å². The van der Waals surface area contributed by atoms with Gasteiger partial charge in [0.05, 0.1) is 24.6 Å². The van der Waals surface area contributed by atoms with Crippen molar-refractivity contribution in [1.82, 2.24) is 20.5 Å². The summed E-state index contributed by atoms with van der Waals surface area (Å²) in [5.74, 6) is -6.15. The maximum atomic E-state index is 15.5. The van der Waals surface area contributed by atoms with Gasteiger partial charge in [-0.15, -0.1) is 0 Å². The molecule has 0 radical (unpaired) electrons. The maximum Gasteiger partial charge on any atom is 0.247 e. The number of H-pyrrole nitrogens is 1. The third kappa shape index (κ3) is 4.18. The first kappa shape index (κ1) is 24.4. The summed E-state index contributed by atoms with van der Waals surface area (Å²) in [7, 11) is -3.29. The van der Waals surface area contributed by atoms with E-state index in [2.05, 4.69) is 25.5 Å². The number of ether oxygens (including phenoxy) is 1. The number of sulfone groups is 1. The van der Waals surface area contributed by atoms with Gasteiger partial charge >= 0.3 is 0 Å². The maximum absolute atomic E-state index is 15.5. The van der Waals surface area contributed by atoms with E-state index in [4.69, 9.17) is 4.74 Å². The van der Waals surface area contributed by atoms with Crippen molar-refractivity contribution < 1.29 is 35.5 Å². The van der Waals surface area contributed by atoms with Crippen LogP contribution in [0.25, 0.3) is 22.0 Å². The van der Waals surface area contributed by atoms with Crippen LogP contribution in [0.2, 0.25) is 0 Å². The van der Waals surface area contributed by atoms with E-state index in [0.29, 0.717) is 6.07 Å². The van der Waals surface area contributed by atoms with Gasteiger partial charge in [-0.05, 0) is 18.2 Å². The largest absolute Gasteiger partial charge is 0.480 e. The number of methoxy groups -OCH3 is 1. The molecule has 0 bridgehead atoms. The molecule has 1 aliphatic rings. The molecular weight excluding hydrogens is 518 g/mol. The molecule has 1 aliphatic heterocycles. The van der Waals surface area contributed by atoms with Crippen LogP contribution < -0.4 is 10.1 Å². The van der Waals surface area contributed by atoms with Crippen LogP contribution in [0.1, 0.15) is 11.3 Å². The number of rotatable bonds is 6. The van der Waals surface area contributed by atoms with Crippen molar-refractivity contribution in [1.29, 1.82) is 0 Å². The second kappa shape index (κ2) is 8.96. The highest BCUT2D eigenvalue weighted by atomic mass is 32.2. The highest BCUT2D eigenvalue weighted by Crippen LogP contribution is 2.35. The average Bonchev–Trinajstić information content (AvgIpc) is 3.48. The molecule has 9 nitrogen and oxygen atoms in total. The Kier molecular flexibility index (Phi) is 5.90. The molecule has 0 saturated heterocycles. The van der Waals surface area contributed by atoms with Gasteiger partial charge in [0.1, 0.15) is 40.1 Å². The van der Waals surface area contributed by atoms with E-state index < -0.39 is 66.3 Å². The first-order chi connectivity index (χ1) is 17.6. The standard InChI is InChI=1S/C23H15F4N5O4S/c1-36-23-15(6-11(24)7-29-23)37(34,35)9-10-2-5-14(25)17(18(10)26)12-3-4-13-20(19(12)27)31-32-21(13)22-28-8-16(33)30-22/h2-7H,8-9H2,1H3,(H,31,32)(H,28,30,33). The lowest BCUT2D eigenvalue weighted by atomic mass is 9.99. The molecule has 2 N–H and O–H groups in total. The zero-order valence-corrected chi connectivity index (χ0v) is 19.6. The molecule has 3 heterocycles. The zero-order valence-electron chi connectivity index (χ0n) is 18.8. The molecule has 2 aromatic heterocycles. The lowest BCUT2D eigenvalue weighted by Crippen LogP contribution is -2.25. The fourth-order valence-electron chi connectivity index (χ4n) is 3.95. The monoisotopic (exact) mass is 533 g/mol. The Bertz CT molecular complexity index is 1740. The Morgan fingerprint density at radius 3 is 2.57 bits per heavy atom. The minimum atomic E-state index is -4.42. The fraction of sp³-hybridized carbons (Fsp3) is 0.130. The minimum Gasteiger partial charge on any atom is -0.480 e. The Morgan fingerprint density at radius 2 is 1.86 bits per heavy atom. The lowest BCUT2D eigenvalue weighted by Gasteiger charge is -2.13. The molecule has 0 unspecified atom stereocenters. The van der Waals surface area contributed by atoms with Gasteiger partial charge in [0, 0.05) is 16.5 Å². The summed E-state index contributed by atoms with van der Waals surface area (Å²) in [6, 6.07) is 4.81. The molecule has 5 rings (SSSR count). The Morgan fingerprint density at radius 1 is 1.08 bits per heavy atom. The van der Waals surface area contributed by atoms with Gasteiger partial charge in [0.25, 0.3) is 0 Å². The van der Waals surface area contributed by atoms with Crippen molar-refractivity contribution in [2.45, 2.75) is 10.6 Å². The number of benzene rings is 2. The molecule has 0 saturated carbocycles. The Hall–Kier alpha value is -4.33. The summed E-state index contributed by atoms with van der Waals surface area (Å²) >= 11 is 0. The van der Waals surface area contributed by atoms with Crippen LogP contribution in [0.15, 0.2) is 46.4 Å². The van der Waals surface area contributed by atoms with Gasteiger partial charge in [-0.25, -0.2) is 31.0 Å². The van der Waals surface area contributed by atoms with E-state index in [-0.39, 0.29) is 34.9 Å². The average molecular weight is 533 g/mol. The number of nitrogens with one attached hydrogen (secondary N) is 2. The quantitative estimate of drug-likeness (QED) is 0.367. The van der Waals surface area contributed by atoms with E-state index in [0.717, 1.165) is 31.5 Å². The number of amides is 1. The van der Waals surface area contributed by atoms with E-state index in [1.54, 1.807) is 0 Å². The first-order valence-electron chi connectivity index (χ1n) is 10.5. The topological polar surface area (TPSA) is 126 Å². The number of nitrogens with zero attached hydrogens (tertiary/aromatic N) is 3. The summed E-state index contributed by atoms with van der Waals surface area (Å²) < 4.78 is 90.2. The van der Waals surface area contributed by atoms with Crippen molar-refractivity contribution in [3.63, 3.8) is 0 Å². The lowest BCUT2D eigenvalue weighted by molar-refractivity contribution is -0.117. The van der Waals surface area contributed by atoms with Crippen LogP contribution in [0.4, 0.5) is 17.6 Å². The number of fused-ring (bicyclic) bond motifs is 1. The van der Waals surface area contributed by atoms with Gasteiger partial charge in [-0.3, -0.25) is 14.9 Å². The molecule has 14 heteroatoms. The van der Waals surface area contributed by atoms with Crippen molar-refractivity contribution in [3.05, 3.63) is 71.1 Å². The first-order valence-corrected chi connectivity index (χ1v) is 12.2. The molecule has 0 atom stereocenters. The van der Waals surface area contributed by atoms with Crippen molar-refractivity contribution >= 4 is 32.5 Å². The number of hydrogen-bond donors (Lipinski definition) is 2. The van der Waals surface area contributed by atoms with Crippen LogP contribution in [-0.4, -0.2) is 49.0 Å². The number of pyridine rings is 1. The number of aromatic nitrogens is 3. The van der Waals surface area contributed by atoms with Crippen LogP contribution in [0, 0.1) is 23.3 Å². The van der Waals surface area contributed by atoms with Crippen molar-refractivity contribution in [2.24, 2.45) is 4.99 Å². The molecule has 1 amide bonds. The van der Waals surface area contributed by atoms with Gasteiger partial charge in [-0.2, -0.15) is 5.10 Å². The summed E-state index contributed by atoms with van der Waals surface area (Å²) in [6.07, 6.45) is 0.751. The predicted molar refractivity (Wildman–Crippen MR) is 123 cm³/mol. The molecule has 0 aliphatic carbocycles. The van der Waals surface area contributed by atoms with Crippen LogP contribution >= 0.6 is 0 Å². The highest BCUT2D eigenvalue weighted by Gasteiger charge is 2.28. The molecule has 37 heavy (non-hydrogen) atoms. The summed E-state index contributed by atoms with van der Waals surface area (Å²) in [5, 5.41) is 9.09. The SMILES string of the molecule is COc1ncc(F)cc1S(=O)(=O)Cc1ccc(F)c(-c2ccc3c(C4=NCC(=O)N4)[nH]nc3c2F)c1F. The molecule has 190 valence electrons. The van der Waals surface area contributed by atoms with E-state index in [9.17, 15) is 22.0 Å². The summed E-state index contributed by atoms with van der Waals surface area (Å²) in [4.78, 5) is 18.4. The highest BCUT2D eigenvalue weighted by molar-refractivity contribution is 7.90. The molecule has 0 fully saturated rings. The number of aromatic amines is 1. The second-order valence-electron chi connectivity index (χ2n) is 7.95. The van der Waals surface area contributed by atoms with Gasteiger partial charge in [0.2, 0.25) is 11.8 Å². The predicted octanol–water partition coefficient (Wildman–Crippen LogP) is 3.04. The molecule has 4 aromatic rings. The summed E-state index contributed by atoms with van der Waals surface area (Å²) in [5.41, 5.74) is -1.88. The number of aliphatic imine (C=N–C) groups is 1. The Labute approximate surface area is 206 Å². The van der Waals surface area contributed by atoms with E-state index in [1.807, 2.05) is 0 Å². The van der Waals surface area contributed by atoms with Crippen LogP contribution in [0.5, 0.6) is 5.88 Å². The molecular formula is C23H15F4N5O4S. The third-order valence-electron chi connectivity index (χ3n) is 5.64. The summed E-state index contributed by atoms with van der Waals surface area (Å²) in [6.45, 7) is -0.111. The van der Waals surface area contributed by atoms with E-state index in [1.165, 1.54) is 6.07 Å². The van der Waals surface area contributed by atoms with Crippen molar-refractivity contribution in [3.8, 4) is 17.0 Å². The molecule has 2 aromatic carbocycles. The van der Waals surface area contributed by atoms with Crippen LogP contribution in [-0.2, 0) is 20.4 Å². The number of carbonyl (C=O) groups excluding carboxylic acids is 1. The fourth-order valence-corrected chi connectivity index (χ4v) is 5.43. The smallest absolute Gasteiger partial charge is 0.247 e. The number of amidine groups is 1. The Balaban J connectivity index is 1.58. The minimum absolute atomic E-state index is 0.111. The normalized spacial score (nSPS) is 13.6. The number of hydrogen-bond acceptors (Lipinski definition) is 7. The van der Waals surface area contributed by atoms with Gasteiger partial charge < -0.3 is 10.1 Å². The third-order valence-corrected chi connectivity index (χ3v) is 7.29. The van der Waals surface area contributed by atoms with E-state index >= 15 is 8.78 Å². The molecule has 0 spiro atoms. The number of carbonyl (C=O) groups is 1. The van der Waals surface area contributed by atoms with Gasteiger partial charge in [0.15, 0.2) is 21.5 Å². The van der Waals surface area contributed by atoms with Crippen LogP contribution in [0.3, 0.4) is 0 Å². The number of halogens is 4. The second-order valence-corrected chi connectivity index (χ2v) is 9.91.